The fraction of sp³-hybridized carbons (Fsp3) is 0.208. The lowest BCUT2D eigenvalue weighted by Gasteiger charge is -2.09. The molecule has 38 heavy (non-hydrogen) atoms. The normalized spacial score (nSPS) is 13.3. The summed E-state index contributed by atoms with van der Waals surface area (Å²) in [4.78, 5) is 31.0. The zero-order valence-corrected chi connectivity index (χ0v) is 20.4. The number of rotatable bonds is 8. The topological polar surface area (TPSA) is 146 Å². The number of alkyl halides is 2. The van der Waals surface area contributed by atoms with Crippen LogP contribution in [0.5, 0.6) is 0 Å². The molecule has 0 saturated heterocycles. The van der Waals surface area contributed by atoms with Gasteiger partial charge in [-0.2, -0.15) is 5.10 Å². The molecule has 11 nitrogen and oxygen atoms in total. The first-order valence-corrected chi connectivity index (χ1v) is 12.4. The molecule has 4 heterocycles. The number of thiophene rings is 1. The molecular weight excluding hydrogens is 516 g/mol. The summed E-state index contributed by atoms with van der Waals surface area (Å²) < 4.78 is 28.4. The number of fused-ring (bicyclic) bond motifs is 1. The Bertz CT molecular complexity index is 1670. The van der Waals surface area contributed by atoms with E-state index < -0.39 is 18.2 Å². The van der Waals surface area contributed by atoms with Crippen LogP contribution in [0.4, 0.5) is 14.5 Å². The standard InChI is InChI=1S/C24H19F2N9O2S/c25-20(26)16-10-14(12-6-7-12)17-18(19(21(27)36)38-24(17)28-16)29-23(37)15-8-9-34(31-15)11-35-32-22(30-33-35)13-4-2-1-3-5-13/h1-5,8-10,12,20H,6-7,11H2,(H2,27,36)(H,29,37). The number of aromatic nitrogens is 7. The van der Waals surface area contributed by atoms with Gasteiger partial charge < -0.3 is 11.1 Å². The Kier molecular flexibility index (Phi) is 5.87. The third-order valence-electron chi connectivity index (χ3n) is 6.04. The van der Waals surface area contributed by atoms with Gasteiger partial charge in [-0.15, -0.1) is 26.3 Å². The SMILES string of the molecule is NC(=O)c1sc2nc(C(F)F)cc(C3CC3)c2c1NC(=O)c1ccn(Cn2nnc(-c3ccccc3)n2)n1. The Labute approximate surface area is 217 Å². The molecule has 2 amide bonds. The fourth-order valence-corrected chi connectivity index (χ4v) is 5.16. The van der Waals surface area contributed by atoms with E-state index in [-0.39, 0.29) is 39.4 Å². The first-order valence-electron chi connectivity index (χ1n) is 11.6. The van der Waals surface area contributed by atoms with E-state index in [0.29, 0.717) is 16.8 Å². The molecule has 6 rings (SSSR count). The summed E-state index contributed by atoms with van der Waals surface area (Å²) in [5, 5.41) is 19.9. The zero-order chi connectivity index (χ0) is 26.4. The molecule has 14 heteroatoms. The number of nitrogens with one attached hydrogen (secondary N) is 1. The second-order valence-corrected chi connectivity index (χ2v) is 9.75. The quantitative estimate of drug-likeness (QED) is 0.307. The van der Waals surface area contributed by atoms with Crippen molar-refractivity contribution in [1.82, 2.24) is 35.0 Å². The van der Waals surface area contributed by atoms with Gasteiger partial charge >= 0.3 is 0 Å². The monoisotopic (exact) mass is 535 g/mol. The van der Waals surface area contributed by atoms with Crippen molar-refractivity contribution < 1.29 is 18.4 Å². The van der Waals surface area contributed by atoms with E-state index in [9.17, 15) is 18.4 Å². The predicted octanol–water partition coefficient (Wildman–Crippen LogP) is 3.82. The zero-order valence-electron chi connectivity index (χ0n) is 19.6. The third-order valence-corrected chi connectivity index (χ3v) is 7.14. The number of tetrazole rings is 1. The van der Waals surface area contributed by atoms with E-state index in [1.165, 1.54) is 21.6 Å². The van der Waals surface area contributed by atoms with Crippen molar-refractivity contribution in [2.24, 2.45) is 5.73 Å². The van der Waals surface area contributed by atoms with Crippen LogP contribution < -0.4 is 11.1 Å². The molecular formula is C24H19F2N9O2S. The molecule has 1 aliphatic rings. The van der Waals surface area contributed by atoms with Gasteiger partial charge in [-0.25, -0.2) is 18.4 Å². The summed E-state index contributed by atoms with van der Waals surface area (Å²) in [7, 11) is 0. The van der Waals surface area contributed by atoms with Crippen molar-refractivity contribution in [1.29, 1.82) is 0 Å². The maximum Gasteiger partial charge on any atom is 0.280 e. The molecule has 0 radical (unpaired) electrons. The van der Waals surface area contributed by atoms with Crippen LogP contribution in [0.25, 0.3) is 21.6 Å². The van der Waals surface area contributed by atoms with Gasteiger partial charge in [-0.1, -0.05) is 30.3 Å². The van der Waals surface area contributed by atoms with Crippen LogP contribution in [-0.4, -0.2) is 46.8 Å². The minimum atomic E-state index is -2.76. The van der Waals surface area contributed by atoms with Gasteiger partial charge in [-0.05, 0) is 41.7 Å². The largest absolute Gasteiger partial charge is 0.365 e. The molecule has 0 spiro atoms. The van der Waals surface area contributed by atoms with E-state index in [2.05, 4.69) is 30.8 Å². The van der Waals surface area contributed by atoms with Crippen molar-refractivity contribution in [3.8, 4) is 11.4 Å². The molecule has 0 bridgehead atoms. The van der Waals surface area contributed by atoms with Crippen LogP contribution in [0.2, 0.25) is 0 Å². The molecule has 1 aromatic carbocycles. The Balaban J connectivity index is 1.27. The highest BCUT2D eigenvalue weighted by molar-refractivity contribution is 7.21. The van der Waals surface area contributed by atoms with Crippen LogP contribution in [0.15, 0.2) is 48.7 Å². The van der Waals surface area contributed by atoms with Gasteiger partial charge in [0, 0.05) is 17.1 Å². The van der Waals surface area contributed by atoms with Gasteiger partial charge in [-0.3, -0.25) is 9.59 Å². The lowest BCUT2D eigenvalue weighted by molar-refractivity contribution is 0.100. The van der Waals surface area contributed by atoms with E-state index in [0.717, 1.165) is 29.7 Å². The van der Waals surface area contributed by atoms with Gasteiger partial charge in [0.05, 0.1) is 5.69 Å². The Morgan fingerprint density at radius 1 is 1.16 bits per heavy atom. The molecule has 1 saturated carbocycles. The minimum Gasteiger partial charge on any atom is -0.365 e. The van der Waals surface area contributed by atoms with Crippen molar-refractivity contribution in [3.63, 3.8) is 0 Å². The number of carbonyl (C=O) groups is 2. The number of halogens is 2. The number of hydrogen-bond donors (Lipinski definition) is 2. The average molecular weight is 536 g/mol. The van der Waals surface area contributed by atoms with Crippen LogP contribution in [0.1, 0.15) is 56.6 Å². The molecule has 4 aromatic heterocycles. The van der Waals surface area contributed by atoms with Crippen LogP contribution in [-0.2, 0) is 6.67 Å². The lowest BCUT2D eigenvalue weighted by atomic mass is 10.0. The van der Waals surface area contributed by atoms with E-state index >= 15 is 0 Å². The van der Waals surface area contributed by atoms with Gasteiger partial charge in [0.25, 0.3) is 18.2 Å². The Morgan fingerprint density at radius 3 is 2.66 bits per heavy atom. The maximum absolute atomic E-state index is 13.5. The summed E-state index contributed by atoms with van der Waals surface area (Å²) in [6, 6.07) is 12.2. The van der Waals surface area contributed by atoms with Crippen molar-refractivity contribution in [2.75, 3.05) is 5.32 Å². The Morgan fingerprint density at radius 2 is 1.95 bits per heavy atom. The highest BCUT2D eigenvalue weighted by Crippen LogP contribution is 2.48. The van der Waals surface area contributed by atoms with Gasteiger partial charge in [0.2, 0.25) is 5.82 Å². The molecule has 0 atom stereocenters. The van der Waals surface area contributed by atoms with Gasteiger partial charge in [0.1, 0.15) is 15.4 Å². The second-order valence-electron chi connectivity index (χ2n) is 8.75. The first-order chi connectivity index (χ1) is 18.4. The molecule has 1 aliphatic carbocycles. The first kappa shape index (κ1) is 23.8. The number of primary amides is 1. The minimum absolute atomic E-state index is 0.0360. The van der Waals surface area contributed by atoms with Gasteiger partial charge in [0.15, 0.2) is 12.4 Å². The molecule has 5 aromatic rings. The van der Waals surface area contributed by atoms with Crippen LogP contribution >= 0.6 is 11.3 Å². The van der Waals surface area contributed by atoms with E-state index in [1.807, 2.05) is 30.3 Å². The number of benzene rings is 1. The van der Waals surface area contributed by atoms with E-state index in [4.69, 9.17) is 5.73 Å². The summed E-state index contributed by atoms with van der Waals surface area (Å²) in [5.41, 5.74) is 6.87. The number of pyridine rings is 1. The molecule has 1 fully saturated rings. The average Bonchev–Trinajstić information content (AvgIpc) is 3.29. The molecule has 0 aliphatic heterocycles. The maximum atomic E-state index is 13.5. The molecule has 192 valence electrons. The molecule has 0 unspecified atom stereocenters. The van der Waals surface area contributed by atoms with Crippen molar-refractivity contribution in [3.05, 3.63) is 70.5 Å². The molecule has 3 N–H and O–H groups in total. The second kappa shape index (κ2) is 9.37. The van der Waals surface area contributed by atoms with Crippen molar-refractivity contribution in [2.45, 2.75) is 31.9 Å². The third kappa shape index (κ3) is 4.49. The number of hydrogen-bond acceptors (Lipinski definition) is 8. The summed E-state index contributed by atoms with van der Waals surface area (Å²) in [5.74, 6) is -0.879. The number of nitrogens with zero attached hydrogens (tertiary/aromatic N) is 7. The summed E-state index contributed by atoms with van der Waals surface area (Å²) >= 11 is 0.881. The van der Waals surface area contributed by atoms with Crippen LogP contribution in [0.3, 0.4) is 0 Å². The lowest BCUT2D eigenvalue weighted by Crippen LogP contribution is -2.18. The summed E-state index contributed by atoms with van der Waals surface area (Å²) in [6.45, 7) is 0.104. The predicted molar refractivity (Wildman–Crippen MR) is 134 cm³/mol. The van der Waals surface area contributed by atoms with Crippen LogP contribution in [0, 0.1) is 0 Å². The number of nitrogens with two attached hydrogens (primary N) is 1. The number of anilines is 1. The smallest absolute Gasteiger partial charge is 0.280 e. The Hall–Kier alpha value is -4.59. The van der Waals surface area contributed by atoms with E-state index in [1.54, 1.807) is 6.20 Å². The van der Waals surface area contributed by atoms with Crippen molar-refractivity contribution >= 4 is 39.1 Å². The number of amides is 2. The number of carbonyl (C=O) groups excluding carboxylic acids is 2. The summed E-state index contributed by atoms with van der Waals surface area (Å²) in [6.07, 6.45) is 0.460. The highest BCUT2D eigenvalue weighted by atomic mass is 32.1. The fourth-order valence-electron chi connectivity index (χ4n) is 4.14. The highest BCUT2D eigenvalue weighted by Gasteiger charge is 2.32.